The molecule has 0 bridgehead atoms. The molecule has 2 N–H and O–H groups in total. The second-order valence-corrected chi connectivity index (χ2v) is 6.41. The van der Waals surface area contributed by atoms with Crippen molar-refractivity contribution in [1.82, 2.24) is 15.1 Å². The van der Waals surface area contributed by atoms with Crippen molar-refractivity contribution in [3.63, 3.8) is 0 Å². The highest BCUT2D eigenvalue weighted by Gasteiger charge is 2.25. The second kappa shape index (κ2) is 6.24. The lowest BCUT2D eigenvalue weighted by Gasteiger charge is -2.21. The first-order valence-corrected chi connectivity index (χ1v) is 7.36. The number of carbonyl (C=O) groups excluding carboxylic acids is 1. The largest absolute Gasteiger partial charge is 0.479 e. The SMILES string of the molecule is Cc1cc(C(=O)N[C@@H](C(=O)O)c2ccccc2)nn1C(C)(C)C. The molecule has 1 heterocycles. The minimum absolute atomic E-state index is 0.208. The normalized spacial score (nSPS) is 12.7. The number of rotatable bonds is 4. The first kappa shape index (κ1) is 16.7. The molecule has 1 aromatic heterocycles. The maximum Gasteiger partial charge on any atom is 0.330 e. The van der Waals surface area contributed by atoms with Crippen LogP contribution in [0.25, 0.3) is 0 Å². The van der Waals surface area contributed by atoms with Crippen LogP contribution in [0.3, 0.4) is 0 Å². The Morgan fingerprint density at radius 2 is 1.83 bits per heavy atom. The zero-order chi connectivity index (χ0) is 17.2. The minimum Gasteiger partial charge on any atom is -0.479 e. The number of carbonyl (C=O) groups is 2. The summed E-state index contributed by atoms with van der Waals surface area (Å²) in [5, 5.41) is 16.2. The van der Waals surface area contributed by atoms with Gasteiger partial charge in [0.05, 0.1) is 5.54 Å². The average molecular weight is 315 g/mol. The predicted octanol–water partition coefficient (Wildman–Crippen LogP) is 2.50. The first-order valence-electron chi connectivity index (χ1n) is 7.36. The van der Waals surface area contributed by atoms with E-state index in [4.69, 9.17) is 0 Å². The molecule has 0 unspecified atom stereocenters. The predicted molar refractivity (Wildman–Crippen MR) is 86.2 cm³/mol. The Hall–Kier alpha value is -2.63. The quantitative estimate of drug-likeness (QED) is 0.908. The first-order chi connectivity index (χ1) is 10.7. The van der Waals surface area contributed by atoms with E-state index in [1.165, 1.54) is 0 Å². The molecular weight excluding hydrogens is 294 g/mol. The minimum atomic E-state index is -1.11. The van der Waals surface area contributed by atoms with Crippen molar-refractivity contribution < 1.29 is 14.7 Å². The van der Waals surface area contributed by atoms with E-state index >= 15 is 0 Å². The molecular formula is C17H21N3O3. The monoisotopic (exact) mass is 315 g/mol. The molecule has 0 saturated carbocycles. The van der Waals surface area contributed by atoms with Crippen molar-refractivity contribution in [2.24, 2.45) is 0 Å². The standard InChI is InChI=1S/C17H21N3O3/c1-11-10-13(19-20(11)17(2,3)4)15(21)18-14(16(22)23)12-8-6-5-7-9-12/h5-10,14H,1-4H3,(H,18,21)(H,22,23)/t14-/m1/s1. The smallest absolute Gasteiger partial charge is 0.330 e. The second-order valence-electron chi connectivity index (χ2n) is 6.41. The molecule has 0 spiro atoms. The van der Waals surface area contributed by atoms with E-state index < -0.39 is 17.9 Å². The number of carboxylic acid groups (broad SMARTS) is 1. The molecule has 0 saturated heterocycles. The van der Waals surface area contributed by atoms with Gasteiger partial charge in [-0.15, -0.1) is 0 Å². The molecule has 1 aromatic carbocycles. The Bertz CT molecular complexity index is 714. The molecule has 6 heteroatoms. The maximum absolute atomic E-state index is 12.4. The lowest BCUT2D eigenvalue weighted by atomic mass is 10.1. The number of aliphatic carboxylic acids is 1. The number of hydrogen-bond donors (Lipinski definition) is 2. The van der Waals surface area contributed by atoms with Crippen molar-refractivity contribution in [2.75, 3.05) is 0 Å². The summed E-state index contributed by atoms with van der Waals surface area (Å²) in [6, 6.07) is 9.13. The number of nitrogens with zero attached hydrogens (tertiary/aromatic N) is 2. The Labute approximate surface area is 135 Å². The number of benzene rings is 1. The molecule has 0 aliphatic rings. The van der Waals surface area contributed by atoms with Crippen molar-refractivity contribution in [1.29, 1.82) is 0 Å². The van der Waals surface area contributed by atoms with Gasteiger partial charge in [0.25, 0.3) is 5.91 Å². The zero-order valence-corrected chi connectivity index (χ0v) is 13.7. The third kappa shape index (κ3) is 3.77. The number of amides is 1. The van der Waals surface area contributed by atoms with E-state index in [1.807, 2.05) is 27.7 Å². The van der Waals surface area contributed by atoms with Crippen LogP contribution in [0.5, 0.6) is 0 Å². The Balaban J connectivity index is 2.25. The summed E-state index contributed by atoms with van der Waals surface area (Å²) in [6.45, 7) is 7.82. The topological polar surface area (TPSA) is 84.2 Å². The lowest BCUT2D eigenvalue weighted by Crippen LogP contribution is -2.34. The van der Waals surface area contributed by atoms with Gasteiger partial charge in [-0.1, -0.05) is 30.3 Å². The lowest BCUT2D eigenvalue weighted by molar-refractivity contribution is -0.139. The molecule has 122 valence electrons. The fourth-order valence-corrected chi connectivity index (χ4v) is 2.40. The third-order valence-electron chi connectivity index (χ3n) is 3.41. The van der Waals surface area contributed by atoms with Crippen LogP contribution in [0.1, 0.15) is 48.6 Å². The average Bonchev–Trinajstić information content (AvgIpc) is 2.87. The molecule has 0 radical (unpaired) electrons. The number of carboxylic acids is 1. The highest BCUT2D eigenvalue weighted by molar-refractivity contribution is 5.95. The van der Waals surface area contributed by atoms with Crippen molar-refractivity contribution in [2.45, 2.75) is 39.3 Å². The Morgan fingerprint density at radius 3 is 2.30 bits per heavy atom. The fraction of sp³-hybridized carbons (Fsp3) is 0.353. The van der Waals surface area contributed by atoms with Gasteiger partial charge >= 0.3 is 5.97 Å². The van der Waals surface area contributed by atoms with E-state index in [1.54, 1.807) is 41.1 Å². The summed E-state index contributed by atoms with van der Waals surface area (Å²) in [5.41, 5.74) is 1.31. The fourth-order valence-electron chi connectivity index (χ4n) is 2.40. The molecule has 1 amide bonds. The van der Waals surface area contributed by atoms with Gasteiger partial charge in [-0.3, -0.25) is 9.48 Å². The summed E-state index contributed by atoms with van der Waals surface area (Å²) in [4.78, 5) is 23.8. The number of aryl methyl sites for hydroxylation is 1. The van der Waals surface area contributed by atoms with E-state index in [0.717, 1.165) is 5.69 Å². The summed E-state index contributed by atoms with van der Waals surface area (Å²) < 4.78 is 1.75. The van der Waals surface area contributed by atoms with E-state index in [9.17, 15) is 14.7 Å². The van der Waals surface area contributed by atoms with Crippen LogP contribution < -0.4 is 5.32 Å². The van der Waals surface area contributed by atoms with Gasteiger partial charge in [-0.05, 0) is 39.3 Å². The van der Waals surface area contributed by atoms with Gasteiger partial charge in [0.2, 0.25) is 0 Å². The highest BCUT2D eigenvalue weighted by atomic mass is 16.4. The molecule has 0 fully saturated rings. The van der Waals surface area contributed by atoms with Crippen LogP contribution in [0.4, 0.5) is 0 Å². The van der Waals surface area contributed by atoms with Gasteiger partial charge in [0.15, 0.2) is 6.04 Å². The molecule has 2 rings (SSSR count). The van der Waals surface area contributed by atoms with Crippen molar-refractivity contribution in [3.05, 3.63) is 53.3 Å². The zero-order valence-electron chi connectivity index (χ0n) is 13.7. The van der Waals surface area contributed by atoms with E-state index in [-0.39, 0.29) is 11.2 Å². The van der Waals surface area contributed by atoms with Gasteiger partial charge in [0.1, 0.15) is 5.69 Å². The van der Waals surface area contributed by atoms with E-state index in [2.05, 4.69) is 10.4 Å². The Morgan fingerprint density at radius 1 is 1.22 bits per heavy atom. The van der Waals surface area contributed by atoms with Crippen LogP contribution in [0.2, 0.25) is 0 Å². The van der Waals surface area contributed by atoms with Crippen LogP contribution in [0, 0.1) is 6.92 Å². The Kier molecular flexibility index (Phi) is 4.54. The summed E-state index contributed by atoms with van der Waals surface area (Å²) >= 11 is 0. The number of nitrogens with one attached hydrogen (secondary N) is 1. The van der Waals surface area contributed by atoms with Crippen LogP contribution >= 0.6 is 0 Å². The highest BCUT2D eigenvalue weighted by Crippen LogP contribution is 2.18. The molecule has 0 aliphatic heterocycles. The van der Waals surface area contributed by atoms with E-state index in [0.29, 0.717) is 5.56 Å². The van der Waals surface area contributed by atoms with Crippen molar-refractivity contribution in [3.8, 4) is 0 Å². The van der Waals surface area contributed by atoms with Gasteiger partial charge in [-0.2, -0.15) is 5.10 Å². The van der Waals surface area contributed by atoms with Gasteiger partial charge in [-0.25, -0.2) is 4.79 Å². The van der Waals surface area contributed by atoms with Crippen molar-refractivity contribution >= 4 is 11.9 Å². The maximum atomic E-state index is 12.4. The van der Waals surface area contributed by atoms with Crippen LogP contribution in [0.15, 0.2) is 36.4 Å². The molecule has 6 nitrogen and oxygen atoms in total. The van der Waals surface area contributed by atoms with Crippen LogP contribution in [-0.4, -0.2) is 26.8 Å². The van der Waals surface area contributed by atoms with Gasteiger partial charge < -0.3 is 10.4 Å². The summed E-state index contributed by atoms with van der Waals surface area (Å²) in [6.07, 6.45) is 0. The number of hydrogen-bond acceptors (Lipinski definition) is 3. The molecule has 0 aliphatic carbocycles. The number of aromatic nitrogens is 2. The summed E-state index contributed by atoms with van der Waals surface area (Å²) in [7, 11) is 0. The molecule has 1 atom stereocenters. The molecule has 2 aromatic rings. The summed E-state index contributed by atoms with van der Waals surface area (Å²) in [5.74, 6) is -1.62. The molecule has 23 heavy (non-hydrogen) atoms. The van der Waals surface area contributed by atoms with Crippen LogP contribution in [-0.2, 0) is 10.3 Å². The van der Waals surface area contributed by atoms with Gasteiger partial charge in [0, 0.05) is 5.69 Å². The third-order valence-corrected chi connectivity index (χ3v) is 3.41.